The number of rotatable bonds is 4. The minimum absolute atomic E-state index is 0.176. The van der Waals surface area contributed by atoms with Crippen LogP contribution in [0.15, 0.2) is 53.5 Å². The summed E-state index contributed by atoms with van der Waals surface area (Å²) in [5.41, 5.74) is 0.779. The second kappa shape index (κ2) is 5.28. The summed E-state index contributed by atoms with van der Waals surface area (Å²) >= 11 is 3.44. The average Bonchev–Trinajstić information content (AvgIpc) is 2.35. The number of hydrogen-bond acceptors (Lipinski definition) is 1. The summed E-state index contributed by atoms with van der Waals surface area (Å²) in [7, 11) is 0. The Labute approximate surface area is 109 Å². The molecular formula is C15H13BrO. The standard InChI is InChI=1S/C15H13BrO/c1-2-3-4-15(17)13-6-5-12-10-14(16)8-7-11(12)9-13/h2,5-10H,1,3-4H2. The van der Waals surface area contributed by atoms with E-state index in [1.807, 2.05) is 36.4 Å². The van der Waals surface area contributed by atoms with Gasteiger partial charge in [-0.25, -0.2) is 0 Å². The first-order valence-electron chi connectivity index (χ1n) is 5.54. The number of hydrogen-bond donors (Lipinski definition) is 0. The monoisotopic (exact) mass is 288 g/mol. The van der Waals surface area contributed by atoms with Crippen molar-refractivity contribution >= 4 is 32.5 Å². The van der Waals surface area contributed by atoms with Crippen LogP contribution in [-0.4, -0.2) is 5.78 Å². The molecule has 0 saturated carbocycles. The third kappa shape index (κ3) is 2.83. The fraction of sp³-hybridized carbons (Fsp3) is 0.133. The van der Waals surface area contributed by atoms with Crippen LogP contribution < -0.4 is 0 Å². The van der Waals surface area contributed by atoms with Crippen LogP contribution >= 0.6 is 15.9 Å². The first kappa shape index (κ1) is 12.1. The normalized spacial score (nSPS) is 10.4. The van der Waals surface area contributed by atoms with Crippen LogP contribution in [0, 0.1) is 0 Å². The maximum atomic E-state index is 11.9. The van der Waals surface area contributed by atoms with Crippen molar-refractivity contribution in [3.05, 3.63) is 59.1 Å². The van der Waals surface area contributed by atoms with Crippen molar-refractivity contribution in [1.29, 1.82) is 0 Å². The second-order valence-electron chi connectivity index (χ2n) is 3.96. The Kier molecular flexibility index (Phi) is 3.75. The van der Waals surface area contributed by atoms with Gasteiger partial charge in [0, 0.05) is 16.5 Å². The highest BCUT2D eigenvalue weighted by molar-refractivity contribution is 9.10. The van der Waals surface area contributed by atoms with E-state index in [2.05, 4.69) is 22.5 Å². The SMILES string of the molecule is C=CCCC(=O)c1ccc2cc(Br)ccc2c1. The van der Waals surface area contributed by atoms with Crippen molar-refractivity contribution in [3.8, 4) is 0 Å². The van der Waals surface area contributed by atoms with Gasteiger partial charge < -0.3 is 0 Å². The summed E-state index contributed by atoms with van der Waals surface area (Å²) in [6.45, 7) is 3.63. The summed E-state index contributed by atoms with van der Waals surface area (Å²) in [4.78, 5) is 11.9. The molecule has 2 rings (SSSR count). The van der Waals surface area contributed by atoms with E-state index in [1.165, 1.54) is 0 Å². The average molecular weight is 289 g/mol. The molecule has 0 radical (unpaired) electrons. The van der Waals surface area contributed by atoms with Gasteiger partial charge in [0.1, 0.15) is 0 Å². The van der Waals surface area contributed by atoms with E-state index in [0.717, 1.165) is 27.2 Å². The van der Waals surface area contributed by atoms with Crippen molar-refractivity contribution in [3.63, 3.8) is 0 Å². The van der Waals surface area contributed by atoms with Crippen LogP contribution in [-0.2, 0) is 0 Å². The maximum absolute atomic E-state index is 11.9. The minimum atomic E-state index is 0.176. The number of carbonyl (C=O) groups excluding carboxylic acids is 1. The smallest absolute Gasteiger partial charge is 0.163 e. The molecule has 0 saturated heterocycles. The van der Waals surface area contributed by atoms with Gasteiger partial charge in [-0.05, 0) is 35.4 Å². The molecule has 1 nitrogen and oxygen atoms in total. The number of Topliss-reactive ketones (excluding diaryl/α,β-unsaturated/α-hetero) is 1. The lowest BCUT2D eigenvalue weighted by Crippen LogP contribution is -1.97. The van der Waals surface area contributed by atoms with Gasteiger partial charge in [0.2, 0.25) is 0 Å². The van der Waals surface area contributed by atoms with Gasteiger partial charge in [0.25, 0.3) is 0 Å². The van der Waals surface area contributed by atoms with Crippen molar-refractivity contribution in [1.82, 2.24) is 0 Å². The van der Waals surface area contributed by atoms with Gasteiger partial charge in [-0.3, -0.25) is 4.79 Å². The number of carbonyl (C=O) groups is 1. The Morgan fingerprint density at radius 3 is 2.65 bits per heavy atom. The minimum Gasteiger partial charge on any atom is -0.294 e. The first-order chi connectivity index (χ1) is 8.20. The fourth-order valence-electron chi connectivity index (χ4n) is 1.77. The summed E-state index contributed by atoms with van der Waals surface area (Å²) < 4.78 is 1.05. The Hall–Kier alpha value is -1.41. The molecule has 0 aliphatic heterocycles. The molecule has 0 aromatic heterocycles. The van der Waals surface area contributed by atoms with E-state index in [0.29, 0.717) is 6.42 Å². The number of allylic oxidation sites excluding steroid dienone is 1. The highest BCUT2D eigenvalue weighted by Gasteiger charge is 2.05. The molecule has 2 heteroatoms. The highest BCUT2D eigenvalue weighted by atomic mass is 79.9. The van der Waals surface area contributed by atoms with Crippen LogP contribution in [0.3, 0.4) is 0 Å². The zero-order chi connectivity index (χ0) is 12.3. The zero-order valence-electron chi connectivity index (χ0n) is 9.45. The third-order valence-electron chi connectivity index (χ3n) is 2.70. The van der Waals surface area contributed by atoms with Crippen molar-refractivity contribution in [2.75, 3.05) is 0 Å². The molecule has 2 aromatic carbocycles. The summed E-state index contributed by atoms with van der Waals surface area (Å²) in [6.07, 6.45) is 3.04. The quantitative estimate of drug-likeness (QED) is 0.586. The summed E-state index contributed by atoms with van der Waals surface area (Å²) in [5.74, 6) is 0.176. The van der Waals surface area contributed by atoms with E-state index in [1.54, 1.807) is 6.08 Å². The van der Waals surface area contributed by atoms with Crippen LogP contribution in [0.1, 0.15) is 23.2 Å². The van der Waals surface area contributed by atoms with Crippen LogP contribution in [0.2, 0.25) is 0 Å². The van der Waals surface area contributed by atoms with Crippen LogP contribution in [0.25, 0.3) is 10.8 Å². The Morgan fingerprint density at radius 2 is 1.88 bits per heavy atom. The summed E-state index contributed by atoms with van der Waals surface area (Å²) in [5, 5.41) is 2.23. The number of fused-ring (bicyclic) bond motifs is 1. The maximum Gasteiger partial charge on any atom is 0.163 e. The molecule has 0 N–H and O–H groups in total. The van der Waals surface area contributed by atoms with Gasteiger partial charge in [-0.2, -0.15) is 0 Å². The molecule has 0 unspecified atom stereocenters. The van der Waals surface area contributed by atoms with Gasteiger partial charge in [0.15, 0.2) is 5.78 Å². The Morgan fingerprint density at radius 1 is 1.18 bits per heavy atom. The molecule has 0 spiro atoms. The van der Waals surface area contributed by atoms with E-state index in [4.69, 9.17) is 0 Å². The van der Waals surface area contributed by atoms with Crippen molar-refractivity contribution < 1.29 is 4.79 Å². The molecule has 0 aliphatic rings. The van der Waals surface area contributed by atoms with Crippen LogP contribution in [0.4, 0.5) is 0 Å². The number of benzene rings is 2. The lowest BCUT2D eigenvalue weighted by Gasteiger charge is -2.03. The molecule has 0 bridgehead atoms. The zero-order valence-corrected chi connectivity index (χ0v) is 11.0. The fourth-order valence-corrected chi connectivity index (χ4v) is 2.15. The topological polar surface area (TPSA) is 17.1 Å². The van der Waals surface area contributed by atoms with Crippen LogP contribution in [0.5, 0.6) is 0 Å². The predicted molar refractivity (Wildman–Crippen MR) is 75.4 cm³/mol. The second-order valence-corrected chi connectivity index (χ2v) is 4.87. The first-order valence-corrected chi connectivity index (χ1v) is 6.33. The molecule has 2 aromatic rings. The van der Waals surface area contributed by atoms with E-state index < -0.39 is 0 Å². The molecule has 0 heterocycles. The van der Waals surface area contributed by atoms with Gasteiger partial charge >= 0.3 is 0 Å². The molecule has 0 amide bonds. The number of ketones is 1. The van der Waals surface area contributed by atoms with E-state index in [9.17, 15) is 4.79 Å². The van der Waals surface area contributed by atoms with Gasteiger partial charge in [0.05, 0.1) is 0 Å². The van der Waals surface area contributed by atoms with Gasteiger partial charge in [-0.1, -0.05) is 40.2 Å². The van der Waals surface area contributed by atoms with Crippen molar-refractivity contribution in [2.45, 2.75) is 12.8 Å². The predicted octanol–water partition coefficient (Wildman–Crippen LogP) is 4.75. The molecule has 0 aliphatic carbocycles. The van der Waals surface area contributed by atoms with E-state index >= 15 is 0 Å². The largest absolute Gasteiger partial charge is 0.294 e. The molecule has 17 heavy (non-hydrogen) atoms. The van der Waals surface area contributed by atoms with Crippen molar-refractivity contribution in [2.24, 2.45) is 0 Å². The number of halogens is 1. The Balaban J connectivity index is 2.34. The lowest BCUT2D eigenvalue weighted by atomic mass is 10.0. The highest BCUT2D eigenvalue weighted by Crippen LogP contribution is 2.21. The third-order valence-corrected chi connectivity index (χ3v) is 3.19. The van der Waals surface area contributed by atoms with E-state index in [-0.39, 0.29) is 5.78 Å². The Bertz CT molecular complexity index is 572. The summed E-state index contributed by atoms with van der Waals surface area (Å²) in [6, 6.07) is 11.9. The molecule has 0 atom stereocenters. The molecule has 86 valence electrons. The molecular weight excluding hydrogens is 276 g/mol. The van der Waals surface area contributed by atoms with Gasteiger partial charge in [-0.15, -0.1) is 6.58 Å². The molecule has 0 fully saturated rings. The lowest BCUT2D eigenvalue weighted by molar-refractivity contribution is 0.0984.